The third-order valence-electron chi connectivity index (χ3n) is 4.70. The summed E-state index contributed by atoms with van der Waals surface area (Å²) >= 11 is 1.40. The van der Waals surface area contributed by atoms with Crippen LogP contribution >= 0.6 is 11.3 Å². The second-order valence-electron chi connectivity index (χ2n) is 6.47. The number of hydrogen-bond acceptors (Lipinski definition) is 5. The van der Waals surface area contributed by atoms with Gasteiger partial charge in [0.25, 0.3) is 5.91 Å². The maximum atomic E-state index is 12.6. The lowest BCUT2D eigenvalue weighted by molar-refractivity contribution is 0.102. The quantitative estimate of drug-likeness (QED) is 0.720. The first-order valence-corrected chi connectivity index (χ1v) is 9.74. The highest BCUT2D eigenvalue weighted by Crippen LogP contribution is 2.35. The van der Waals surface area contributed by atoms with E-state index >= 15 is 0 Å². The molecule has 0 radical (unpaired) electrons. The van der Waals surface area contributed by atoms with Crippen LogP contribution in [0.4, 0.5) is 5.82 Å². The number of aromatic nitrogens is 3. The molecule has 1 aliphatic rings. The lowest BCUT2D eigenvalue weighted by Crippen LogP contribution is -2.15. The molecule has 1 aromatic carbocycles. The van der Waals surface area contributed by atoms with Gasteiger partial charge in [-0.15, -0.1) is 11.3 Å². The summed E-state index contributed by atoms with van der Waals surface area (Å²) in [4.78, 5) is 16.9. The van der Waals surface area contributed by atoms with Gasteiger partial charge in [-0.25, -0.2) is 9.67 Å². The van der Waals surface area contributed by atoms with E-state index in [9.17, 15) is 4.79 Å². The Balaban J connectivity index is 1.65. The Morgan fingerprint density at radius 2 is 2.04 bits per heavy atom. The minimum atomic E-state index is -0.240. The fraction of sp³-hybridized carbons (Fsp3) is 0.316. The zero-order valence-electron chi connectivity index (χ0n) is 14.4. The van der Waals surface area contributed by atoms with Crippen LogP contribution in [0.3, 0.4) is 0 Å². The van der Waals surface area contributed by atoms with Gasteiger partial charge in [0.05, 0.1) is 11.4 Å². The van der Waals surface area contributed by atoms with Crippen LogP contribution in [0.25, 0.3) is 5.69 Å². The molecule has 26 heavy (non-hydrogen) atoms. The maximum absolute atomic E-state index is 12.6. The van der Waals surface area contributed by atoms with Crippen LogP contribution in [-0.4, -0.2) is 20.7 Å². The number of amides is 1. The molecule has 1 fully saturated rings. The molecule has 4 rings (SSSR count). The predicted octanol–water partition coefficient (Wildman–Crippen LogP) is 3.70. The van der Waals surface area contributed by atoms with E-state index in [2.05, 4.69) is 10.3 Å². The van der Waals surface area contributed by atoms with Gasteiger partial charge in [0.1, 0.15) is 16.5 Å². The molecule has 0 aliphatic heterocycles. The average Bonchev–Trinajstić information content (AvgIpc) is 3.42. The van der Waals surface area contributed by atoms with E-state index in [0.717, 1.165) is 29.2 Å². The fourth-order valence-corrected chi connectivity index (χ4v) is 4.02. The number of nitrogens with one attached hydrogen (secondary N) is 1. The maximum Gasteiger partial charge on any atom is 0.276 e. The van der Waals surface area contributed by atoms with Crippen LogP contribution in [0.15, 0.2) is 41.8 Å². The smallest absolute Gasteiger partial charge is 0.276 e. The zero-order valence-corrected chi connectivity index (χ0v) is 15.2. The Labute approximate surface area is 156 Å². The third-order valence-corrected chi connectivity index (χ3v) is 5.57. The number of anilines is 1. The van der Waals surface area contributed by atoms with Gasteiger partial charge >= 0.3 is 0 Å². The van der Waals surface area contributed by atoms with Crippen molar-refractivity contribution in [3.63, 3.8) is 0 Å². The SMILES string of the molecule is NCc1nc(C(=O)Nc2cc(C3CCCC3)nn2-c2ccccc2)cs1. The molecule has 7 heteroatoms. The van der Waals surface area contributed by atoms with Gasteiger partial charge in [0.2, 0.25) is 0 Å². The van der Waals surface area contributed by atoms with Crippen molar-refractivity contribution in [2.24, 2.45) is 5.73 Å². The second kappa shape index (κ2) is 7.39. The summed E-state index contributed by atoms with van der Waals surface area (Å²) in [6.07, 6.45) is 4.80. The molecule has 2 heterocycles. The van der Waals surface area contributed by atoms with E-state index in [0.29, 0.717) is 24.0 Å². The summed E-state index contributed by atoms with van der Waals surface area (Å²) in [5.41, 5.74) is 7.95. The average molecular weight is 367 g/mol. The van der Waals surface area contributed by atoms with Crippen molar-refractivity contribution in [3.8, 4) is 5.69 Å². The Bertz CT molecular complexity index is 896. The highest BCUT2D eigenvalue weighted by molar-refractivity contribution is 7.09. The number of rotatable bonds is 5. The van der Waals surface area contributed by atoms with Crippen molar-refractivity contribution < 1.29 is 4.79 Å². The van der Waals surface area contributed by atoms with Crippen LogP contribution in [0.5, 0.6) is 0 Å². The largest absolute Gasteiger partial charge is 0.325 e. The fourth-order valence-electron chi connectivity index (χ4n) is 3.36. The molecular weight excluding hydrogens is 346 g/mol. The first-order valence-electron chi connectivity index (χ1n) is 8.86. The summed E-state index contributed by atoms with van der Waals surface area (Å²) in [5.74, 6) is 0.903. The molecule has 0 saturated heterocycles. The van der Waals surface area contributed by atoms with Crippen LogP contribution in [0.2, 0.25) is 0 Å². The zero-order chi connectivity index (χ0) is 17.9. The van der Waals surface area contributed by atoms with Crippen molar-refractivity contribution in [1.29, 1.82) is 0 Å². The van der Waals surface area contributed by atoms with Gasteiger partial charge < -0.3 is 11.1 Å². The van der Waals surface area contributed by atoms with E-state index in [1.54, 1.807) is 5.38 Å². The number of carbonyl (C=O) groups is 1. The molecular formula is C19H21N5OS. The van der Waals surface area contributed by atoms with Crippen molar-refractivity contribution >= 4 is 23.1 Å². The molecule has 3 aromatic rings. The van der Waals surface area contributed by atoms with Gasteiger partial charge in [-0.2, -0.15) is 5.10 Å². The number of thiazole rings is 1. The van der Waals surface area contributed by atoms with Crippen LogP contribution < -0.4 is 11.1 Å². The highest BCUT2D eigenvalue weighted by atomic mass is 32.1. The van der Waals surface area contributed by atoms with E-state index in [4.69, 9.17) is 10.8 Å². The number of benzene rings is 1. The van der Waals surface area contributed by atoms with E-state index < -0.39 is 0 Å². The minimum absolute atomic E-state index is 0.240. The van der Waals surface area contributed by atoms with Crippen LogP contribution in [0.1, 0.15) is 52.8 Å². The van der Waals surface area contributed by atoms with Crippen molar-refractivity contribution in [2.45, 2.75) is 38.1 Å². The molecule has 2 aromatic heterocycles. The lowest BCUT2D eigenvalue weighted by Gasteiger charge is -2.08. The minimum Gasteiger partial charge on any atom is -0.325 e. The molecule has 3 N–H and O–H groups in total. The number of nitrogens with zero attached hydrogens (tertiary/aromatic N) is 3. The number of carbonyl (C=O) groups excluding carboxylic acids is 1. The van der Waals surface area contributed by atoms with Gasteiger partial charge in [-0.3, -0.25) is 4.79 Å². The first-order chi connectivity index (χ1) is 12.7. The third kappa shape index (κ3) is 3.40. The van der Waals surface area contributed by atoms with Gasteiger partial charge in [-0.1, -0.05) is 31.0 Å². The van der Waals surface area contributed by atoms with E-state index in [1.165, 1.54) is 24.2 Å². The van der Waals surface area contributed by atoms with Crippen molar-refractivity contribution in [3.05, 3.63) is 58.2 Å². The monoisotopic (exact) mass is 367 g/mol. The molecule has 6 nitrogen and oxygen atoms in total. The van der Waals surface area contributed by atoms with Gasteiger partial charge in [0, 0.05) is 23.9 Å². The number of para-hydroxylation sites is 1. The normalized spacial score (nSPS) is 14.7. The first kappa shape index (κ1) is 16.9. The van der Waals surface area contributed by atoms with Gasteiger partial charge in [-0.05, 0) is 25.0 Å². The lowest BCUT2D eigenvalue weighted by atomic mass is 10.0. The summed E-state index contributed by atoms with van der Waals surface area (Å²) < 4.78 is 1.81. The van der Waals surface area contributed by atoms with Crippen LogP contribution in [-0.2, 0) is 6.54 Å². The predicted molar refractivity (Wildman–Crippen MR) is 103 cm³/mol. The topological polar surface area (TPSA) is 85.8 Å². The molecule has 134 valence electrons. The summed E-state index contributed by atoms with van der Waals surface area (Å²) in [6, 6.07) is 11.9. The van der Waals surface area contributed by atoms with Crippen molar-refractivity contribution in [2.75, 3.05) is 5.32 Å². The van der Waals surface area contributed by atoms with E-state index in [-0.39, 0.29) is 5.91 Å². The molecule has 0 bridgehead atoms. The van der Waals surface area contributed by atoms with Gasteiger partial charge in [0.15, 0.2) is 0 Å². The van der Waals surface area contributed by atoms with Crippen molar-refractivity contribution in [1.82, 2.24) is 14.8 Å². The Morgan fingerprint density at radius 1 is 1.27 bits per heavy atom. The molecule has 1 aliphatic carbocycles. The summed E-state index contributed by atoms with van der Waals surface area (Å²) in [6.45, 7) is 0.339. The molecule has 1 saturated carbocycles. The number of nitrogens with two attached hydrogens (primary N) is 1. The Morgan fingerprint density at radius 3 is 2.73 bits per heavy atom. The summed E-state index contributed by atoms with van der Waals surface area (Å²) in [7, 11) is 0. The molecule has 0 spiro atoms. The molecule has 0 unspecified atom stereocenters. The molecule has 1 amide bonds. The van der Waals surface area contributed by atoms with Crippen LogP contribution in [0, 0.1) is 0 Å². The standard InChI is InChI=1S/C19H21N5OS/c20-11-18-21-16(12-26-18)19(25)22-17-10-15(13-6-4-5-7-13)23-24(17)14-8-2-1-3-9-14/h1-3,8-10,12-13H,4-7,11,20H2,(H,22,25). The Hall–Kier alpha value is -2.51. The Kier molecular flexibility index (Phi) is 4.81. The number of hydrogen-bond donors (Lipinski definition) is 2. The van der Waals surface area contributed by atoms with E-state index in [1.807, 2.05) is 41.1 Å². The highest BCUT2D eigenvalue weighted by Gasteiger charge is 2.23. The second-order valence-corrected chi connectivity index (χ2v) is 7.41. The summed E-state index contributed by atoms with van der Waals surface area (Å²) in [5, 5.41) is 10.2. The molecule has 0 atom stereocenters.